The number of alkyl carbamates (subject to hydrolysis) is 1. The Morgan fingerprint density at radius 3 is 2.18 bits per heavy atom. The Kier molecular flexibility index (Phi) is 10.9. The van der Waals surface area contributed by atoms with E-state index in [0.29, 0.717) is 12.1 Å². The van der Waals surface area contributed by atoms with E-state index in [1.165, 1.54) is 0 Å². The molecule has 1 aliphatic rings. The third kappa shape index (κ3) is 9.75. The van der Waals surface area contributed by atoms with E-state index in [-0.39, 0.29) is 30.8 Å². The molecule has 0 saturated heterocycles. The van der Waals surface area contributed by atoms with E-state index in [9.17, 15) is 14.4 Å². The summed E-state index contributed by atoms with van der Waals surface area (Å²) in [4.78, 5) is 39.1. The minimum atomic E-state index is -0.624. The quantitative estimate of drug-likeness (QED) is 0.406. The number of hydrogen-bond donors (Lipinski definition) is 3. The molecule has 1 aliphatic carbocycles. The second-order valence-corrected chi connectivity index (χ2v) is 11.1. The summed E-state index contributed by atoms with van der Waals surface area (Å²) in [5, 5.41) is 17.8. The number of carbonyl (C=O) groups is 3. The first-order valence-corrected chi connectivity index (χ1v) is 13.7. The molecule has 1 saturated carbocycles. The largest absolute Gasteiger partial charge is 0.444 e. The summed E-state index contributed by atoms with van der Waals surface area (Å²) < 4.78 is 5.37. The van der Waals surface area contributed by atoms with E-state index in [1.807, 2.05) is 42.5 Å². The van der Waals surface area contributed by atoms with Crippen LogP contribution in [0.5, 0.6) is 0 Å². The van der Waals surface area contributed by atoms with E-state index < -0.39 is 23.5 Å². The Hall–Kier alpha value is -3.86. The van der Waals surface area contributed by atoms with Crippen molar-refractivity contribution in [3.8, 4) is 6.07 Å². The maximum atomic E-state index is 13.5. The summed E-state index contributed by atoms with van der Waals surface area (Å²) >= 11 is 0. The van der Waals surface area contributed by atoms with Crippen LogP contribution in [0.3, 0.4) is 0 Å². The molecule has 39 heavy (non-hydrogen) atoms. The zero-order chi connectivity index (χ0) is 28.3. The Balaban J connectivity index is 1.67. The number of amides is 3. The van der Waals surface area contributed by atoms with Crippen molar-refractivity contribution < 1.29 is 19.1 Å². The molecule has 2 aromatic rings. The van der Waals surface area contributed by atoms with Crippen LogP contribution in [0.25, 0.3) is 0 Å². The minimum absolute atomic E-state index is 0.137. The molecule has 1 fully saturated rings. The lowest BCUT2D eigenvalue weighted by molar-refractivity contribution is -0.127. The van der Waals surface area contributed by atoms with Gasteiger partial charge in [-0.1, -0.05) is 61.7 Å². The average molecular weight is 533 g/mol. The fourth-order valence-electron chi connectivity index (χ4n) is 4.91. The Bertz CT molecular complexity index is 1130. The van der Waals surface area contributed by atoms with Crippen LogP contribution < -0.4 is 16.0 Å². The van der Waals surface area contributed by atoms with Crippen LogP contribution in [-0.4, -0.2) is 36.6 Å². The second-order valence-electron chi connectivity index (χ2n) is 11.1. The predicted octanol–water partition coefficient (Wildman–Crippen LogP) is 4.80. The molecule has 8 heteroatoms. The highest BCUT2D eigenvalue weighted by molar-refractivity contribution is 5.85. The van der Waals surface area contributed by atoms with Gasteiger partial charge in [0.25, 0.3) is 0 Å². The van der Waals surface area contributed by atoms with Gasteiger partial charge >= 0.3 is 6.09 Å². The van der Waals surface area contributed by atoms with Crippen molar-refractivity contribution in [3.05, 3.63) is 71.3 Å². The summed E-state index contributed by atoms with van der Waals surface area (Å²) in [6.07, 6.45) is 4.60. The molecule has 0 heterocycles. The molecule has 0 bridgehead atoms. The molecule has 0 radical (unpaired) electrons. The van der Waals surface area contributed by atoms with Crippen LogP contribution in [-0.2, 0) is 20.9 Å². The number of hydrogen-bond acceptors (Lipinski definition) is 5. The van der Waals surface area contributed by atoms with E-state index in [0.717, 1.165) is 43.2 Å². The van der Waals surface area contributed by atoms with E-state index in [4.69, 9.17) is 10.00 Å². The van der Waals surface area contributed by atoms with Gasteiger partial charge in [0, 0.05) is 19.6 Å². The van der Waals surface area contributed by atoms with Gasteiger partial charge in [-0.2, -0.15) is 5.26 Å². The standard InChI is InChI=1S/C31H40N4O4/c1-31(2,3)39-30(38)35-21-27(25-12-8-5-9-13-25)29(37)34-20-26(24-10-6-4-7-11-24)28(36)33-19-23-16-14-22(18-32)15-17-23/h4,6-7,10-11,14-17,25-27H,5,8-9,12-13,19-21H2,1-3H3,(H,33,36)(H,34,37)(H,35,38)/t26-,27+/m0/s1. The zero-order valence-electron chi connectivity index (χ0n) is 23.2. The highest BCUT2D eigenvalue weighted by Crippen LogP contribution is 2.30. The highest BCUT2D eigenvalue weighted by Gasteiger charge is 2.31. The molecule has 208 valence electrons. The summed E-state index contributed by atoms with van der Waals surface area (Å²) in [6, 6.07) is 18.5. The number of nitriles is 1. The van der Waals surface area contributed by atoms with Crippen molar-refractivity contribution in [2.45, 2.75) is 70.9 Å². The smallest absolute Gasteiger partial charge is 0.407 e. The number of benzene rings is 2. The highest BCUT2D eigenvalue weighted by atomic mass is 16.6. The van der Waals surface area contributed by atoms with Gasteiger partial charge < -0.3 is 20.7 Å². The van der Waals surface area contributed by atoms with Gasteiger partial charge in [0.05, 0.1) is 23.5 Å². The summed E-state index contributed by atoms with van der Waals surface area (Å²) in [7, 11) is 0. The number of nitrogens with zero attached hydrogens (tertiary/aromatic N) is 1. The fourth-order valence-corrected chi connectivity index (χ4v) is 4.91. The molecule has 0 aliphatic heterocycles. The molecule has 3 amide bonds. The van der Waals surface area contributed by atoms with Gasteiger partial charge in [0.1, 0.15) is 5.60 Å². The van der Waals surface area contributed by atoms with Gasteiger partial charge in [0.2, 0.25) is 11.8 Å². The van der Waals surface area contributed by atoms with E-state index in [1.54, 1.807) is 32.9 Å². The third-order valence-corrected chi connectivity index (χ3v) is 6.97. The Morgan fingerprint density at radius 2 is 1.56 bits per heavy atom. The van der Waals surface area contributed by atoms with Crippen LogP contribution in [0.1, 0.15) is 75.5 Å². The summed E-state index contributed by atoms with van der Waals surface area (Å²) in [6.45, 7) is 6.03. The van der Waals surface area contributed by atoms with Crippen LogP contribution in [0.2, 0.25) is 0 Å². The molecule has 0 unspecified atom stereocenters. The van der Waals surface area contributed by atoms with Crippen molar-refractivity contribution in [3.63, 3.8) is 0 Å². The zero-order valence-corrected chi connectivity index (χ0v) is 23.2. The third-order valence-electron chi connectivity index (χ3n) is 6.97. The number of ether oxygens (including phenoxy) is 1. The van der Waals surface area contributed by atoms with Crippen molar-refractivity contribution >= 4 is 17.9 Å². The topological polar surface area (TPSA) is 120 Å². The van der Waals surface area contributed by atoms with Crippen molar-refractivity contribution in [1.29, 1.82) is 5.26 Å². The molecule has 0 aromatic heterocycles. The molecule has 0 spiro atoms. The first-order valence-electron chi connectivity index (χ1n) is 13.7. The summed E-state index contributed by atoms with van der Waals surface area (Å²) in [5.74, 6) is -1.20. The molecule has 3 N–H and O–H groups in total. The van der Waals surface area contributed by atoms with Crippen molar-refractivity contribution in [1.82, 2.24) is 16.0 Å². The van der Waals surface area contributed by atoms with E-state index >= 15 is 0 Å². The predicted molar refractivity (Wildman–Crippen MR) is 149 cm³/mol. The van der Waals surface area contributed by atoms with Crippen LogP contribution in [0.15, 0.2) is 54.6 Å². The van der Waals surface area contributed by atoms with Gasteiger partial charge in [-0.05, 0) is 62.8 Å². The van der Waals surface area contributed by atoms with Gasteiger partial charge in [0.15, 0.2) is 0 Å². The monoisotopic (exact) mass is 532 g/mol. The lowest BCUT2D eigenvalue weighted by atomic mass is 9.79. The molecule has 3 rings (SSSR count). The first kappa shape index (κ1) is 29.7. The Labute approximate surface area is 231 Å². The van der Waals surface area contributed by atoms with Crippen LogP contribution in [0.4, 0.5) is 4.79 Å². The maximum Gasteiger partial charge on any atom is 0.407 e. The molecule has 8 nitrogen and oxygen atoms in total. The molecular formula is C31H40N4O4. The SMILES string of the molecule is CC(C)(C)OC(=O)NC[C@@H](C(=O)NC[C@H](C(=O)NCc1ccc(C#N)cc1)c1ccccc1)C1CCCCC1. The minimum Gasteiger partial charge on any atom is -0.444 e. The lowest BCUT2D eigenvalue weighted by Gasteiger charge is -2.30. The number of nitrogens with one attached hydrogen (secondary N) is 3. The normalized spacial score (nSPS) is 15.3. The lowest BCUT2D eigenvalue weighted by Crippen LogP contribution is -2.46. The Morgan fingerprint density at radius 1 is 0.897 bits per heavy atom. The molecule has 2 aromatic carbocycles. The van der Waals surface area contributed by atoms with E-state index in [2.05, 4.69) is 22.0 Å². The maximum absolute atomic E-state index is 13.5. The second kappa shape index (κ2) is 14.3. The van der Waals surface area contributed by atoms with Crippen molar-refractivity contribution in [2.75, 3.05) is 13.1 Å². The molecule has 2 atom stereocenters. The van der Waals surface area contributed by atoms with Gasteiger partial charge in [-0.15, -0.1) is 0 Å². The first-order chi connectivity index (χ1) is 18.7. The van der Waals surface area contributed by atoms with Crippen LogP contribution >= 0.6 is 0 Å². The summed E-state index contributed by atoms with van der Waals surface area (Å²) in [5.41, 5.74) is 1.62. The van der Waals surface area contributed by atoms with Crippen LogP contribution in [0, 0.1) is 23.2 Å². The number of rotatable bonds is 10. The van der Waals surface area contributed by atoms with Gasteiger partial charge in [-0.25, -0.2) is 4.79 Å². The number of carbonyl (C=O) groups excluding carboxylic acids is 3. The molecular weight excluding hydrogens is 492 g/mol. The fraction of sp³-hybridized carbons (Fsp3) is 0.484. The average Bonchev–Trinajstić information content (AvgIpc) is 2.92. The van der Waals surface area contributed by atoms with Crippen molar-refractivity contribution in [2.24, 2.45) is 11.8 Å². The van der Waals surface area contributed by atoms with Gasteiger partial charge in [-0.3, -0.25) is 9.59 Å².